The Labute approximate surface area is 56.2 Å². The summed E-state index contributed by atoms with van der Waals surface area (Å²) in [7, 11) is 1.91. The largest absolute Gasteiger partial charge is 0.450 e. The molecule has 3 nitrogen and oxygen atoms in total. The molecule has 1 aliphatic rings. The first kappa shape index (κ1) is 6.97. The molecule has 0 aromatic heterocycles. The number of rotatable bonds is 1. The van der Waals surface area contributed by atoms with Crippen molar-refractivity contribution in [2.45, 2.75) is 18.9 Å². The lowest BCUT2D eigenvalue weighted by molar-refractivity contribution is -0.136. The normalized spacial score (nSPS) is 40.1. The van der Waals surface area contributed by atoms with Crippen LogP contribution in [0, 0.1) is 5.92 Å². The van der Waals surface area contributed by atoms with E-state index in [1.165, 1.54) is 0 Å². The van der Waals surface area contributed by atoms with Gasteiger partial charge in [0, 0.05) is 0 Å². The lowest BCUT2D eigenvalue weighted by atomic mass is 10.2. The lowest BCUT2D eigenvalue weighted by Gasteiger charge is -2.04. The fraction of sp³-hybridized carbons (Fsp3) is 0.800. The molecule has 1 unspecified atom stereocenters. The first-order chi connectivity index (χ1) is 4.11. The average Bonchev–Trinajstić information content (AvgIpc) is 2.41. The molecule has 2 N–H and O–H groups in total. The highest BCUT2D eigenvalue weighted by molar-refractivity contribution is 7.10. The summed E-state index contributed by atoms with van der Waals surface area (Å²) in [5, 5.41) is 0. The van der Waals surface area contributed by atoms with Crippen LogP contribution in [0.5, 0.6) is 0 Å². The predicted molar refractivity (Wildman–Crippen MR) is 36.5 cm³/mol. The van der Waals surface area contributed by atoms with Gasteiger partial charge in [-0.3, -0.25) is 0 Å². The molecule has 1 fully saturated rings. The molecule has 0 bridgehead atoms. The molecule has 0 aromatic rings. The quantitative estimate of drug-likeness (QED) is 0.533. The van der Waals surface area contributed by atoms with Crippen LogP contribution >= 0.6 is 9.47 Å². The smallest absolute Gasteiger partial charge is 0.328 e. The van der Waals surface area contributed by atoms with Gasteiger partial charge in [0.15, 0.2) is 0 Å². The first-order valence-corrected chi connectivity index (χ1v) is 3.28. The average molecular weight is 147 g/mol. The highest BCUT2D eigenvalue weighted by atomic mass is 31.0. The van der Waals surface area contributed by atoms with Gasteiger partial charge in [-0.05, 0) is 12.3 Å². The van der Waals surface area contributed by atoms with Gasteiger partial charge in [-0.15, -0.1) is 0 Å². The summed E-state index contributed by atoms with van der Waals surface area (Å²) in [6, 6.07) is 0. The zero-order valence-electron chi connectivity index (χ0n) is 5.26. The van der Waals surface area contributed by atoms with E-state index in [4.69, 9.17) is 5.73 Å². The Morgan fingerprint density at radius 3 is 2.56 bits per heavy atom. The third kappa shape index (κ3) is 0.950. The van der Waals surface area contributed by atoms with E-state index in [1.54, 1.807) is 0 Å². The van der Waals surface area contributed by atoms with Gasteiger partial charge in [0.2, 0.25) is 0 Å². The van der Waals surface area contributed by atoms with Crippen molar-refractivity contribution in [2.75, 3.05) is 0 Å². The maximum atomic E-state index is 10.7. The summed E-state index contributed by atoms with van der Waals surface area (Å²) in [5.41, 5.74) is 4.89. The Morgan fingerprint density at radius 2 is 2.44 bits per heavy atom. The summed E-state index contributed by atoms with van der Waals surface area (Å²) in [4.78, 5) is 10.7. The van der Waals surface area contributed by atoms with E-state index in [0.29, 0.717) is 0 Å². The van der Waals surface area contributed by atoms with Crippen LogP contribution in [0.15, 0.2) is 0 Å². The molecule has 1 rings (SSSR count). The maximum absolute atomic E-state index is 10.7. The Balaban J connectivity index is 2.53. The molecular weight excluding hydrogens is 137 g/mol. The van der Waals surface area contributed by atoms with Crippen LogP contribution in [-0.4, -0.2) is 11.5 Å². The van der Waals surface area contributed by atoms with E-state index in [9.17, 15) is 4.79 Å². The first-order valence-electron chi connectivity index (χ1n) is 2.81. The highest BCUT2D eigenvalue weighted by Gasteiger charge is 2.55. The number of hydrogen-bond donors (Lipinski definition) is 1. The number of carbonyl (C=O) groups is 1. The van der Waals surface area contributed by atoms with Gasteiger partial charge in [-0.2, -0.15) is 0 Å². The van der Waals surface area contributed by atoms with Gasteiger partial charge in [-0.25, -0.2) is 4.79 Å². The van der Waals surface area contributed by atoms with Crippen molar-refractivity contribution in [1.29, 1.82) is 0 Å². The highest BCUT2D eigenvalue weighted by Crippen LogP contribution is 2.41. The Morgan fingerprint density at radius 1 is 2.00 bits per heavy atom. The fourth-order valence-electron chi connectivity index (χ4n) is 0.842. The second kappa shape index (κ2) is 1.93. The fourth-order valence-corrected chi connectivity index (χ4v) is 1.06. The molecule has 0 amide bonds. The van der Waals surface area contributed by atoms with Crippen molar-refractivity contribution in [3.05, 3.63) is 0 Å². The molecule has 3 atom stereocenters. The van der Waals surface area contributed by atoms with E-state index in [2.05, 4.69) is 4.52 Å². The molecule has 0 aliphatic heterocycles. The molecule has 9 heavy (non-hydrogen) atoms. The molecule has 0 heterocycles. The van der Waals surface area contributed by atoms with Crippen molar-refractivity contribution in [1.82, 2.24) is 0 Å². The van der Waals surface area contributed by atoms with E-state index < -0.39 is 5.54 Å². The summed E-state index contributed by atoms with van der Waals surface area (Å²) in [6.07, 6.45) is 0.750. The molecule has 1 aliphatic carbocycles. The molecular formula is C5H10NO2P. The predicted octanol–water partition coefficient (Wildman–Crippen LogP) is 0.0570. The summed E-state index contributed by atoms with van der Waals surface area (Å²) in [6.45, 7) is 1.93. The lowest BCUT2D eigenvalue weighted by Crippen LogP contribution is -2.34. The zero-order chi connectivity index (χ0) is 7.07. The van der Waals surface area contributed by atoms with Gasteiger partial charge >= 0.3 is 5.97 Å². The second-order valence-corrected chi connectivity index (χ2v) is 2.79. The topological polar surface area (TPSA) is 52.3 Å². The van der Waals surface area contributed by atoms with Crippen LogP contribution in [0.2, 0.25) is 0 Å². The molecule has 0 radical (unpaired) electrons. The van der Waals surface area contributed by atoms with Gasteiger partial charge in [0.25, 0.3) is 0 Å². The zero-order valence-corrected chi connectivity index (χ0v) is 6.41. The minimum atomic E-state index is -0.665. The van der Waals surface area contributed by atoms with E-state index in [1.807, 2.05) is 16.4 Å². The van der Waals surface area contributed by atoms with Crippen molar-refractivity contribution in [2.24, 2.45) is 11.7 Å². The molecule has 0 saturated heterocycles. The van der Waals surface area contributed by atoms with Crippen molar-refractivity contribution in [3.8, 4) is 0 Å². The Bertz CT molecular complexity index is 150. The molecule has 1 saturated carbocycles. The van der Waals surface area contributed by atoms with Crippen LogP contribution in [0.25, 0.3) is 0 Å². The van der Waals surface area contributed by atoms with Gasteiger partial charge < -0.3 is 10.3 Å². The van der Waals surface area contributed by atoms with Crippen molar-refractivity contribution < 1.29 is 9.32 Å². The molecule has 0 aromatic carbocycles. The van der Waals surface area contributed by atoms with Gasteiger partial charge in [0.05, 0.1) is 9.47 Å². The van der Waals surface area contributed by atoms with E-state index in [-0.39, 0.29) is 11.9 Å². The minimum absolute atomic E-state index is 0.283. The second-order valence-electron chi connectivity index (χ2n) is 2.55. The standard InChI is InChI=1S/C5H10NO2P/c1-3-2-5(3,6)4(7)8-9/h3H,2,6,9H2,1H3/t3-,5-/m1/s1. The number of hydrogen-bond acceptors (Lipinski definition) is 3. The molecule has 0 spiro atoms. The van der Waals surface area contributed by atoms with E-state index in [0.717, 1.165) is 6.42 Å². The SMILES string of the molecule is C[C@@H]1C[C@]1(N)C(=O)OP. The third-order valence-corrected chi connectivity index (χ3v) is 2.06. The summed E-state index contributed by atoms with van der Waals surface area (Å²) >= 11 is 0. The summed E-state index contributed by atoms with van der Waals surface area (Å²) < 4.78 is 4.40. The van der Waals surface area contributed by atoms with E-state index >= 15 is 0 Å². The number of nitrogens with two attached hydrogens (primary N) is 1. The maximum Gasteiger partial charge on any atom is 0.328 e. The Hall–Kier alpha value is -0.140. The minimum Gasteiger partial charge on any atom is -0.450 e. The van der Waals surface area contributed by atoms with Crippen LogP contribution in [-0.2, 0) is 9.32 Å². The van der Waals surface area contributed by atoms with Gasteiger partial charge in [0.1, 0.15) is 5.54 Å². The van der Waals surface area contributed by atoms with Crippen LogP contribution in [0.1, 0.15) is 13.3 Å². The number of carbonyl (C=O) groups excluding carboxylic acids is 1. The van der Waals surface area contributed by atoms with Crippen molar-refractivity contribution >= 4 is 15.4 Å². The Kier molecular flexibility index (Phi) is 1.49. The van der Waals surface area contributed by atoms with Crippen LogP contribution in [0.4, 0.5) is 0 Å². The summed E-state index contributed by atoms with van der Waals surface area (Å²) in [5.74, 6) is -0.0365. The monoisotopic (exact) mass is 147 g/mol. The van der Waals surface area contributed by atoms with Crippen LogP contribution in [0.3, 0.4) is 0 Å². The van der Waals surface area contributed by atoms with Crippen molar-refractivity contribution in [3.63, 3.8) is 0 Å². The molecule has 4 heteroatoms. The van der Waals surface area contributed by atoms with Crippen LogP contribution < -0.4 is 5.73 Å². The third-order valence-electron chi connectivity index (χ3n) is 1.85. The van der Waals surface area contributed by atoms with Gasteiger partial charge in [-0.1, -0.05) is 6.92 Å². The molecule has 52 valence electrons.